The van der Waals surface area contributed by atoms with Gasteiger partial charge in [-0.2, -0.15) is 0 Å². The number of nitrogens with two attached hydrogens (primary N) is 1. The van der Waals surface area contributed by atoms with Gasteiger partial charge >= 0.3 is 0 Å². The number of carbonyl (C=O) groups excluding carboxylic acids is 4. The lowest BCUT2D eigenvalue weighted by Crippen LogP contribution is -2.30. The van der Waals surface area contributed by atoms with Gasteiger partial charge in [-0.25, -0.2) is 4.39 Å². The van der Waals surface area contributed by atoms with Crippen LogP contribution in [-0.2, 0) is 9.59 Å². The molecule has 4 amide bonds. The molecule has 0 bridgehead atoms. The summed E-state index contributed by atoms with van der Waals surface area (Å²) in [6.07, 6.45) is 1.45. The first-order chi connectivity index (χ1) is 19.8. The van der Waals surface area contributed by atoms with Crippen LogP contribution in [0, 0.1) is 5.82 Å². The van der Waals surface area contributed by atoms with Crippen LogP contribution in [0.25, 0.3) is 6.08 Å². The molecule has 0 saturated heterocycles. The van der Waals surface area contributed by atoms with Crippen LogP contribution in [0.1, 0.15) is 26.3 Å². The molecule has 206 valence electrons. The second kappa shape index (κ2) is 13.7. The Hall–Kier alpha value is -5.22. The lowest BCUT2D eigenvalue weighted by molar-refractivity contribution is -0.114. The molecule has 0 atom stereocenters. The highest BCUT2D eigenvalue weighted by atomic mass is 32.2. The average Bonchev–Trinajstić information content (AvgIpc) is 2.97. The number of amides is 4. The van der Waals surface area contributed by atoms with Crippen LogP contribution in [-0.4, -0.2) is 29.4 Å². The second-order valence-electron chi connectivity index (χ2n) is 8.66. The largest absolute Gasteiger partial charge is 0.366 e. The standard InChI is InChI=1S/C31H25FN4O4S/c32-22-15-13-20(14-16-22)17-27(36-30(39)21-7-2-1-3-8-21)31(40)34-23-9-6-10-24(18-23)41-19-28(37)35-26-12-5-4-11-25(26)29(33)38/h1-18H,19H2,(H2,33,38)(H,34,40)(H,35,37)(H,36,39)/b27-17+. The van der Waals surface area contributed by atoms with Crippen molar-refractivity contribution in [1.82, 2.24) is 5.32 Å². The number of benzene rings is 4. The minimum Gasteiger partial charge on any atom is -0.366 e. The fourth-order valence-electron chi connectivity index (χ4n) is 3.67. The smallest absolute Gasteiger partial charge is 0.272 e. The maximum Gasteiger partial charge on any atom is 0.272 e. The summed E-state index contributed by atoms with van der Waals surface area (Å²) in [4.78, 5) is 50.8. The predicted octanol–water partition coefficient (Wildman–Crippen LogP) is 5.07. The Morgan fingerprint density at radius 1 is 0.805 bits per heavy atom. The van der Waals surface area contributed by atoms with E-state index in [-0.39, 0.29) is 22.9 Å². The summed E-state index contributed by atoms with van der Waals surface area (Å²) in [6, 6.07) is 27.2. The Morgan fingerprint density at radius 2 is 1.51 bits per heavy atom. The highest BCUT2D eigenvalue weighted by molar-refractivity contribution is 8.00. The first-order valence-electron chi connectivity index (χ1n) is 12.3. The van der Waals surface area contributed by atoms with Gasteiger partial charge in [-0.3, -0.25) is 19.2 Å². The van der Waals surface area contributed by atoms with Crippen molar-refractivity contribution in [3.8, 4) is 0 Å². The summed E-state index contributed by atoms with van der Waals surface area (Å²) in [6.45, 7) is 0. The first kappa shape index (κ1) is 28.8. The Kier molecular flexibility index (Phi) is 9.63. The van der Waals surface area contributed by atoms with Gasteiger partial charge in [0, 0.05) is 16.1 Å². The molecule has 0 aliphatic carbocycles. The molecule has 41 heavy (non-hydrogen) atoms. The molecule has 0 unspecified atom stereocenters. The lowest BCUT2D eigenvalue weighted by Gasteiger charge is -2.12. The molecule has 0 aromatic heterocycles. The molecular weight excluding hydrogens is 543 g/mol. The summed E-state index contributed by atoms with van der Waals surface area (Å²) >= 11 is 1.22. The van der Waals surface area contributed by atoms with Gasteiger partial charge in [-0.05, 0) is 66.2 Å². The van der Waals surface area contributed by atoms with Crippen molar-refractivity contribution in [2.45, 2.75) is 4.90 Å². The van der Waals surface area contributed by atoms with Crippen molar-refractivity contribution in [1.29, 1.82) is 0 Å². The SMILES string of the molecule is NC(=O)c1ccccc1NC(=O)CSc1cccc(NC(=O)/C(=C\c2ccc(F)cc2)NC(=O)c2ccccc2)c1. The maximum absolute atomic E-state index is 13.4. The van der Waals surface area contributed by atoms with Crippen LogP contribution in [0.5, 0.6) is 0 Å². The molecule has 0 saturated carbocycles. The normalized spacial score (nSPS) is 10.9. The number of halogens is 1. The van der Waals surface area contributed by atoms with E-state index in [4.69, 9.17) is 5.73 Å². The second-order valence-corrected chi connectivity index (χ2v) is 9.71. The van der Waals surface area contributed by atoms with Crippen molar-refractivity contribution in [3.63, 3.8) is 0 Å². The Balaban J connectivity index is 1.45. The van der Waals surface area contributed by atoms with E-state index in [0.29, 0.717) is 27.4 Å². The van der Waals surface area contributed by atoms with E-state index < -0.39 is 23.5 Å². The lowest BCUT2D eigenvalue weighted by atomic mass is 10.1. The maximum atomic E-state index is 13.4. The molecule has 0 aliphatic rings. The number of primary amides is 1. The zero-order valence-corrected chi connectivity index (χ0v) is 22.4. The average molecular weight is 569 g/mol. The summed E-state index contributed by atoms with van der Waals surface area (Å²) in [5.41, 5.74) is 7.15. The molecule has 4 rings (SSSR count). The highest BCUT2D eigenvalue weighted by Crippen LogP contribution is 2.23. The van der Waals surface area contributed by atoms with Crippen molar-refractivity contribution in [3.05, 3.63) is 131 Å². The molecule has 5 N–H and O–H groups in total. The van der Waals surface area contributed by atoms with Gasteiger partial charge in [0.25, 0.3) is 17.7 Å². The van der Waals surface area contributed by atoms with E-state index in [2.05, 4.69) is 16.0 Å². The molecule has 4 aromatic carbocycles. The molecular formula is C31H25FN4O4S. The fraction of sp³-hybridized carbons (Fsp3) is 0.0323. The number of anilines is 2. The van der Waals surface area contributed by atoms with E-state index >= 15 is 0 Å². The van der Waals surface area contributed by atoms with Gasteiger partial charge < -0.3 is 21.7 Å². The van der Waals surface area contributed by atoms with Gasteiger partial charge in [-0.1, -0.05) is 48.5 Å². The van der Waals surface area contributed by atoms with E-state index in [1.807, 2.05) is 0 Å². The minimum absolute atomic E-state index is 0.0351. The molecule has 8 nitrogen and oxygen atoms in total. The van der Waals surface area contributed by atoms with Gasteiger partial charge in [-0.15, -0.1) is 11.8 Å². The van der Waals surface area contributed by atoms with E-state index in [1.54, 1.807) is 72.8 Å². The number of hydrogen-bond acceptors (Lipinski definition) is 5. The number of rotatable bonds is 10. The number of para-hydroxylation sites is 1. The van der Waals surface area contributed by atoms with Crippen molar-refractivity contribution >= 4 is 52.8 Å². The van der Waals surface area contributed by atoms with Crippen molar-refractivity contribution in [2.24, 2.45) is 5.73 Å². The quantitative estimate of drug-likeness (QED) is 0.157. The highest BCUT2D eigenvalue weighted by Gasteiger charge is 2.16. The van der Waals surface area contributed by atoms with E-state index in [1.165, 1.54) is 48.2 Å². The Labute approximate surface area is 239 Å². The van der Waals surface area contributed by atoms with Crippen molar-refractivity contribution < 1.29 is 23.6 Å². The zero-order valence-electron chi connectivity index (χ0n) is 21.6. The molecule has 10 heteroatoms. The van der Waals surface area contributed by atoms with Gasteiger partial charge in [0.15, 0.2) is 0 Å². The first-order valence-corrected chi connectivity index (χ1v) is 13.3. The summed E-state index contributed by atoms with van der Waals surface area (Å²) in [7, 11) is 0. The summed E-state index contributed by atoms with van der Waals surface area (Å²) in [5, 5.41) is 8.07. The zero-order chi connectivity index (χ0) is 29.2. The Morgan fingerprint density at radius 3 is 2.24 bits per heavy atom. The molecule has 0 spiro atoms. The third kappa shape index (κ3) is 8.38. The van der Waals surface area contributed by atoms with Crippen LogP contribution in [0.3, 0.4) is 0 Å². The summed E-state index contributed by atoms with van der Waals surface area (Å²) in [5.74, 6) is -2.46. The van der Waals surface area contributed by atoms with E-state index in [9.17, 15) is 23.6 Å². The van der Waals surface area contributed by atoms with Crippen LogP contribution in [0.4, 0.5) is 15.8 Å². The molecule has 0 radical (unpaired) electrons. The van der Waals surface area contributed by atoms with Gasteiger partial charge in [0.2, 0.25) is 5.91 Å². The van der Waals surface area contributed by atoms with Crippen LogP contribution in [0.2, 0.25) is 0 Å². The third-order valence-electron chi connectivity index (χ3n) is 5.64. The number of thioether (sulfide) groups is 1. The third-order valence-corrected chi connectivity index (χ3v) is 6.63. The van der Waals surface area contributed by atoms with Crippen LogP contribution in [0.15, 0.2) is 114 Å². The summed E-state index contributed by atoms with van der Waals surface area (Å²) < 4.78 is 13.4. The number of hydrogen-bond donors (Lipinski definition) is 4. The van der Waals surface area contributed by atoms with Gasteiger partial charge in [0.05, 0.1) is 17.0 Å². The molecule has 4 aromatic rings. The minimum atomic E-state index is -0.648. The topological polar surface area (TPSA) is 130 Å². The Bertz CT molecular complexity index is 1610. The molecule has 0 aliphatic heterocycles. The van der Waals surface area contributed by atoms with Crippen LogP contribution < -0.4 is 21.7 Å². The van der Waals surface area contributed by atoms with Crippen molar-refractivity contribution in [2.75, 3.05) is 16.4 Å². The van der Waals surface area contributed by atoms with Crippen LogP contribution >= 0.6 is 11.8 Å². The molecule has 0 fully saturated rings. The molecule has 0 heterocycles. The number of carbonyl (C=O) groups is 4. The fourth-order valence-corrected chi connectivity index (χ4v) is 4.43. The van der Waals surface area contributed by atoms with E-state index in [0.717, 1.165) is 0 Å². The predicted molar refractivity (Wildman–Crippen MR) is 158 cm³/mol. The number of nitrogens with one attached hydrogen (secondary N) is 3. The van der Waals surface area contributed by atoms with Gasteiger partial charge in [0.1, 0.15) is 11.5 Å². The monoisotopic (exact) mass is 568 g/mol.